The second kappa shape index (κ2) is 4.50. The van der Waals surface area contributed by atoms with Crippen molar-refractivity contribution in [2.75, 3.05) is 5.75 Å². The van der Waals surface area contributed by atoms with Gasteiger partial charge in [0.05, 0.1) is 5.75 Å². The van der Waals surface area contributed by atoms with Crippen LogP contribution in [0.1, 0.15) is 0 Å². The van der Waals surface area contributed by atoms with Crippen LogP contribution in [-0.4, -0.2) is 27.2 Å². The molecular weight excluding hydrogens is 176 g/mol. The number of hydrogen-bond acceptors (Lipinski definition) is 5. The molecule has 0 saturated carbocycles. The zero-order chi connectivity index (χ0) is 8.85. The Labute approximate surface area is 64.9 Å². The Bertz CT molecular complexity index is 174. The van der Waals surface area contributed by atoms with Gasteiger partial charge in [-0.25, -0.2) is 0 Å². The average molecular weight is 180 g/mol. The summed E-state index contributed by atoms with van der Waals surface area (Å²) in [6.45, 7) is 0. The maximum absolute atomic E-state index is 10.1. The second-order valence-electron chi connectivity index (χ2n) is 1.36. The third-order valence-electron chi connectivity index (χ3n) is 0.576. The lowest BCUT2D eigenvalue weighted by Gasteiger charge is -1.77. The molecule has 11 heavy (non-hydrogen) atoms. The first kappa shape index (κ1) is 9.69. The van der Waals surface area contributed by atoms with Gasteiger partial charge in [-0.2, -0.15) is 0 Å². The first-order valence-corrected chi connectivity index (χ1v) is 3.31. The quantitative estimate of drug-likeness (QED) is 0.388. The molecule has 7 nitrogen and oxygen atoms in total. The fourth-order valence-electron chi connectivity index (χ4n) is 0.317. The predicted octanol–water partition coefficient (Wildman–Crippen LogP) is -0.378. The molecule has 0 unspecified atom stereocenters. The Morgan fingerprint density at radius 1 is 1.64 bits per heavy atom. The van der Waals surface area contributed by atoms with E-state index in [1.807, 2.05) is 0 Å². The largest absolute Gasteiger partial charge is 0.328 e. The molecule has 2 N–H and O–H groups in total. The number of amides is 2. The molecule has 0 aromatic carbocycles. The molecule has 0 aromatic rings. The van der Waals surface area contributed by atoms with Crippen LogP contribution in [0.4, 0.5) is 4.79 Å². The van der Waals surface area contributed by atoms with Gasteiger partial charge in [0, 0.05) is 0 Å². The molecule has 0 aliphatic carbocycles. The number of hydrogen-bond donors (Lipinski definition) is 2. The molecule has 8 heteroatoms. The standard InChI is InChI=1S/C3H3NO2S.HNO3/c5-2-1-7-3(6)4-2;2-1(3)4/h1H2,(H,4,5,6);(H,2,3,4). The number of rotatable bonds is 0. The number of carbonyl (C=O) groups is 2. The van der Waals surface area contributed by atoms with Crippen LogP contribution in [0, 0.1) is 10.1 Å². The SMILES string of the molecule is O=C1CSC(=O)N1.O=[N+]([O-])O. The molecule has 1 aliphatic heterocycles. The van der Waals surface area contributed by atoms with Crippen molar-refractivity contribution in [2.24, 2.45) is 0 Å². The first-order chi connectivity index (χ1) is 5.02. The summed E-state index contributed by atoms with van der Waals surface area (Å²) in [5, 5.41) is 15.5. The highest BCUT2D eigenvalue weighted by atomic mass is 32.2. The van der Waals surface area contributed by atoms with E-state index in [0.717, 1.165) is 11.8 Å². The number of nitrogens with one attached hydrogen (secondary N) is 1. The van der Waals surface area contributed by atoms with Crippen molar-refractivity contribution in [1.82, 2.24) is 5.32 Å². The van der Waals surface area contributed by atoms with E-state index in [1.54, 1.807) is 0 Å². The van der Waals surface area contributed by atoms with Crippen LogP contribution >= 0.6 is 11.8 Å². The van der Waals surface area contributed by atoms with Crippen LogP contribution in [0.5, 0.6) is 0 Å². The van der Waals surface area contributed by atoms with E-state index >= 15 is 0 Å². The minimum atomic E-state index is -1.50. The molecule has 0 aromatic heterocycles. The van der Waals surface area contributed by atoms with E-state index in [-0.39, 0.29) is 11.1 Å². The van der Waals surface area contributed by atoms with Gasteiger partial charge >= 0.3 is 0 Å². The second-order valence-corrected chi connectivity index (χ2v) is 2.31. The fourth-order valence-corrected chi connectivity index (χ4v) is 0.837. The molecule has 0 spiro atoms. The van der Waals surface area contributed by atoms with Crippen LogP contribution in [0.3, 0.4) is 0 Å². The molecule has 2 amide bonds. The Morgan fingerprint density at radius 2 is 2.09 bits per heavy atom. The van der Waals surface area contributed by atoms with E-state index in [1.165, 1.54) is 0 Å². The third-order valence-corrected chi connectivity index (χ3v) is 1.35. The van der Waals surface area contributed by atoms with Crippen molar-refractivity contribution >= 4 is 22.9 Å². The van der Waals surface area contributed by atoms with Crippen molar-refractivity contribution in [3.8, 4) is 0 Å². The molecule has 1 saturated heterocycles. The smallest absolute Gasteiger partial charge is 0.291 e. The molecule has 0 radical (unpaired) electrons. The summed E-state index contributed by atoms with van der Waals surface area (Å²) < 4.78 is 0. The van der Waals surface area contributed by atoms with Gasteiger partial charge in [0.15, 0.2) is 0 Å². The first-order valence-electron chi connectivity index (χ1n) is 2.32. The lowest BCUT2D eigenvalue weighted by molar-refractivity contribution is -0.742. The average Bonchev–Trinajstić information content (AvgIpc) is 2.13. The van der Waals surface area contributed by atoms with Crippen molar-refractivity contribution in [1.29, 1.82) is 0 Å². The summed E-state index contributed by atoms with van der Waals surface area (Å²) in [4.78, 5) is 28.5. The van der Waals surface area contributed by atoms with Crippen molar-refractivity contribution in [3.63, 3.8) is 0 Å². The Morgan fingerprint density at radius 3 is 2.18 bits per heavy atom. The van der Waals surface area contributed by atoms with E-state index in [0.29, 0.717) is 5.75 Å². The Balaban J connectivity index is 0.000000218. The van der Waals surface area contributed by atoms with Gasteiger partial charge < -0.3 is 5.21 Å². The summed E-state index contributed by atoms with van der Waals surface area (Å²) in [5.74, 6) is 0.105. The highest BCUT2D eigenvalue weighted by Gasteiger charge is 2.16. The Kier molecular flexibility index (Phi) is 3.96. The van der Waals surface area contributed by atoms with Gasteiger partial charge in [0.1, 0.15) is 0 Å². The van der Waals surface area contributed by atoms with Crippen molar-refractivity contribution in [2.45, 2.75) is 0 Å². The molecule has 0 bridgehead atoms. The lowest BCUT2D eigenvalue weighted by Crippen LogP contribution is -2.18. The van der Waals surface area contributed by atoms with Gasteiger partial charge in [0.25, 0.3) is 10.3 Å². The lowest BCUT2D eigenvalue weighted by atomic mass is 10.7. The zero-order valence-corrected chi connectivity index (χ0v) is 5.96. The monoisotopic (exact) mass is 180 g/mol. The number of thioether (sulfide) groups is 1. The van der Waals surface area contributed by atoms with Crippen LogP contribution in [0.15, 0.2) is 0 Å². The van der Waals surface area contributed by atoms with Gasteiger partial charge in [-0.1, -0.05) is 11.8 Å². The number of imide groups is 1. The van der Waals surface area contributed by atoms with Gasteiger partial charge in [-0.05, 0) is 0 Å². The summed E-state index contributed by atoms with van der Waals surface area (Å²) in [6.07, 6.45) is 0. The van der Waals surface area contributed by atoms with Crippen molar-refractivity contribution < 1.29 is 19.9 Å². The minimum absolute atomic E-state index is 0.185. The van der Waals surface area contributed by atoms with E-state index in [9.17, 15) is 9.59 Å². The predicted molar refractivity (Wildman–Crippen MR) is 34.8 cm³/mol. The summed E-state index contributed by atoms with van der Waals surface area (Å²) in [6, 6.07) is 0. The topological polar surface area (TPSA) is 110 Å². The molecule has 1 aliphatic rings. The highest BCUT2D eigenvalue weighted by Crippen LogP contribution is 2.06. The van der Waals surface area contributed by atoms with Crippen LogP contribution in [-0.2, 0) is 4.79 Å². The number of nitrogens with zero attached hydrogens (tertiary/aromatic N) is 1. The van der Waals surface area contributed by atoms with E-state index in [4.69, 9.17) is 15.3 Å². The van der Waals surface area contributed by atoms with Crippen LogP contribution in [0.2, 0.25) is 0 Å². The molecular formula is C3H4N2O5S. The minimum Gasteiger partial charge on any atom is -0.328 e. The van der Waals surface area contributed by atoms with E-state index in [2.05, 4.69) is 5.32 Å². The molecule has 1 rings (SSSR count). The number of carbonyl (C=O) groups excluding carboxylic acids is 2. The molecule has 0 atom stereocenters. The van der Waals surface area contributed by atoms with E-state index < -0.39 is 5.09 Å². The molecule has 1 heterocycles. The van der Waals surface area contributed by atoms with Gasteiger partial charge in [0.2, 0.25) is 5.91 Å². The maximum Gasteiger partial charge on any atom is 0.291 e. The van der Waals surface area contributed by atoms with Gasteiger partial charge in [-0.15, -0.1) is 10.1 Å². The third kappa shape index (κ3) is 6.58. The zero-order valence-electron chi connectivity index (χ0n) is 5.14. The fraction of sp³-hybridized carbons (Fsp3) is 0.333. The summed E-state index contributed by atoms with van der Waals surface area (Å²) >= 11 is 1.01. The van der Waals surface area contributed by atoms with Gasteiger partial charge in [-0.3, -0.25) is 14.9 Å². The summed E-state index contributed by atoms with van der Waals surface area (Å²) in [5.41, 5.74) is 0. The maximum atomic E-state index is 10.1. The van der Waals surface area contributed by atoms with Crippen LogP contribution in [0.25, 0.3) is 0 Å². The summed E-state index contributed by atoms with van der Waals surface area (Å²) in [7, 11) is 0. The molecule has 62 valence electrons. The highest BCUT2D eigenvalue weighted by molar-refractivity contribution is 8.14. The van der Waals surface area contributed by atoms with Crippen molar-refractivity contribution in [3.05, 3.63) is 10.1 Å². The molecule has 1 fully saturated rings. The normalized spacial score (nSPS) is 14.9. The Hall–Kier alpha value is -1.31. The van der Waals surface area contributed by atoms with Crippen LogP contribution < -0.4 is 5.32 Å².